The highest BCUT2D eigenvalue weighted by Gasteiger charge is 2.33. The Balaban J connectivity index is 2.34. The highest BCUT2D eigenvalue weighted by Crippen LogP contribution is 2.38. The maximum Gasteiger partial charge on any atom is 0.103 e. The summed E-state index contributed by atoms with van der Waals surface area (Å²) in [6.07, 6.45) is 4.52. The second kappa shape index (κ2) is 5.64. The van der Waals surface area contributed by atoms with Gasteiger partial charge in [-0.05, 0) is 37.1 Å². The molecule has 0 aromatic heterocycles. The molecular weight excluding hydrogens is 242 g/mol. The molecule has 0 amide bonds. The van der Waals surface area contributed by atoms with E-state index in [1.54, 1.807) is 11.8 Å². The van der Waals surface area contributed by atoms with Crippen LogP contribution in [0.4, 0.5) is 5.69 Å². The van der Waals surface area contributed by atoms with Gasteiger partial charge in [-0.3, -0.25) is 0 Å². The quantitative estimate of drug-likeness (QED) is 0.827. The molecule has 18 heavy (non-hydrogen) atoms. The van der Waals surface area contributed by atoms with Crippen molar-refractivity contribution in [2.24, 2.45) is 11.7 Å². The van der Waals surface area contributed by atoms with E-state index in [9.17, 15) is 5.26 Å². The van der Waals surface area contributed by atoms with Gasteiger partial charge in [-0.1, -0.05) is 6.07 Å². The number of nitrogens with zero attached hydrogens (tertiary/aromatic N) is 2. The summed E-state index contributed by atoms with van der Waals surface area (Å²) in [7, 11) is 2.05. The maximum absolute atomic E-state index is 9.37. The Morgan fingerprint density at radius 1 is 1.56 bits per heavy atom. The summed E-state index contributed by atoms with van der Waals surface area (Å²) >= 11 is 1.61. The van der Waals surface area contributed by atoms with E-state index in [1.807, 2.05) is 24.5 Å². The van der Waals surface area contributed by atoms with Gasteiger partial charge in [0.1, 0.15) is 6.07 Å². The van der Waals surface area contributed by atoms with E-state index in [0.29, 0.717) is 18.5 Å². The molecule has 3 nitrogen and oxygen atoms in total. The lowest BCUT2D eigenvalue weighted by Crippen LogP contribution is -2.40. The molecule has 2 N–H and O–H groups in total. The van der Waals surface area contributed by atoms with Crippen LogP contribution in [0.2, 0.25) is 0 Å². The summed E-state index contributed by atoms with van der Waals surface area (Å²) in [6.45, 7) is 0.648. The van der Waals surface area contributed by atoms with Crippen molar-refractivity contribution in [3.63, 3.8) is 0 Å². The lowest BCUT2D eigenvalue weighted by atomic mass is 10.1. The molecule has 96 valence electrons. The molecule has 0 spiro atoms. The van der Waals surface area contributed by atoms with Crippen molar-refractivity contribution in [3.05, 3.63) is 23.8 Å². The first-order chi connectivity index (χ1) is 8.72. The molecule has 1 fully saturated rings. The van der Waals surface area contributed by atoms with Crippen molar-refractivity contribution < 1.29 is 0 Å². The zero-order valence-corrected chi connectivity index (χ0v) is 11.7. The summed E-state index contributed by atoms with van der Waals surface area (Å²) < 4.78 is 0. The standard InChI is InChI=1S/C14H19N3S/c1-17(13(9-16)10-6-7-10)12-4-3-5-14(18-2)11(12)8-15/h3-5,10,13H,6-7,9,16H2,1-2H3. The number of thioether (sulfide) groups is 1. The average molecular weight is 261 g/mol. The van der Waals surface area contributed by atoms with Crippen LogP contribution in [0.1, 0.15) is 18.4 Å². The van der Waals surface area contributed by atoms with Gasteiger partial charge in [-0.2, -0.15) is 5.26 Å². The Hall–Kier alpha value is -1.18. The minimum atomic E-state index is 0.356. The van der Waals surface area contributed by atoms with Gasteiger partial charge >= 0.3 is 0 Å². The van der Waals surface area contributed by atoms with E-state index in [0.717, 1.165) is 16.1 Å². The Labute approximate surface area is 113 Å². The van der Waals surface area contributed by atoms with Crippen LogP contribution in [0.15, 0.2) is 23.1 Å². The van der Waals surface area contributed by atoms with Gasteiger partial charge in [0.2, 0.25) is 0 Å². The van der Waals surface area contributed by atoms with Crippen LogP contribution in [0.25, 0.3) is 0 Å². The monoisotopic (exact) mass is 261 g/mol. The average Bonchev–Trinajstić information content (AvgIpc) is 3.22. The lowest BCUT2D eigenvalue weighted by molar-refractivity contribution is 0.570. The molecule has 1 aliphatic carbocycles. The zero-order valence-electron chi connectivity index (χ0n) is 10.9. The summed E-state index contributed by atoms with van der Waals surface area (Å²) in [5.74, 6) is 0.699. The van der Waals surface area contributed by atoms with Crippen molar-refractivity contribution in [1.82, 2.24) is 0 Å². The van der Waals surface area contributed by atoms with Crippen LogP contribution in [0.5, 0.6) is 0 Å². The van der Waals surface area contributed by atoms with Crippen molar-refractivity contribution in [2.75, 3.05) is 24.7 Å². The third-order valence-electron chi connectivity index (χ3n) is 3.62. The number of nitrogens with two attached hydrogens (primary N) is 1. The van der Waals surface area contributed by atoms with Gasteiger partial charge in [0.25, 0.3) is 0 Å². The Morgan fingerprint density at radius 2 is 2.28 bits per heavy atom. The topological polar surface area (TPSA) is 53.0 Å². The van der Waals surface area contributed by atoms with Gasteiger partial charge in [-0.15, -0.1) is 11.8 Å². The van der Waals surface area contributed by atoms with Crippen LogP contribution in [-0.2, 0) is 0 Å². The molecule has 1 aliphatic rings. The summed E-state index contributed by atoms with van der Waals surface area (Å²) in [4.78, 5) is 3.23. The van der Waals surface area contributed by atoms with E-state index in [4.69, 9.17) is 5.73 Å². The number of likely N-dealkylation sites (N-methyl/N-ethyl adjacent to an activating group) is 1. The predicted molar refractivity (Wildman–Crippen MR) is 76.9 cm³/mol. The molecule has 1 aromatic rings. The van der Waals surface area contributed by atoms with E-state index < -0.39 is 0 Å². The van der Waals surface area contributed by atoms with Gasteiger partial charge in [0.05, 0.1) is 11.3 Å². The van der Waals surface area contributed by atoms with Crippen LogP contribution in [0, 0.1) is 17.2 Å². The molecule has 1 saturated carbocycles. The fourth-order valence-electron chi connectivity index (χ4n) is 2.42. The van der Waals surface area contributed by atoms with E-state index in [1.165, 1.54) is 12.8 Å². The van der Waals surface area contributed by atoms with Crippen LogP contribution in [0.3, 0.4) is 0 Å². The molecule has 0 heterocycles. The summed E-state index contributed by atoms with van der Waals surface area (Å²) in [5, 5.41) is 9.37. The molecule has 0 aliphatic heterocycles. The normalized spacial score (nSPS) is 16.1. The third-order valence-corrected chi connectivity index (χ3v) is 4.40. The summed E-state index contributed by atoms with van der Waals surface area (Å²) in [6, 6.07) is 8.71. The Morgan fingerprint density at radius 3 is 2.78 bits per heavy atom. The number of hydrogen-bond donors (Lipinski definition) is 1. The molecule has 2 rings (SSSR count). The van der Waals surface area contributed by atoms with Gasteiger partial charge in [0.15, 0.2) is 0 Å². The minimum absolute atomic E-state index is 0.356. The molecule has 4 heteroatoms. The fourth-order valence-corrected chi connectivity index (χ4v) is 2.99. The van der Waals surface area contributed by atoms with Crippen molar-refractivity contribution in [3.8, 4) is 6.07 Å². The number of hydrogen-bond acceptors (Lipinski definition) is 4. The summed E-state index contributed by atoms with van der Waals surface area (Å²) in [5.41, 5.74) is 7.66. The Bertz CT molecular complexity index is 463. The van der Waals surface area contributed by atoms with Crippen LogP contribution < -0.4 is 10.6 Å². The second-order valence-corrected chi connectivity index (χ2v) is 5.57. The second-order valence-electron chi connectivity index (χ2n) is 4.72. The van der Waals surface area contributed by atoms with Crippen LogP contribution >= 0.6 is 11.8 Å². The first-order valence-corrected chi connectivity index (χ1v) is 7.45. The van der Waals surface area contributed by atoms with Crippen molar-refractivity contribution in [2.45, 2.75) is 23.8 Å². The zero-order chi connectivity index (χ0) is 13.1. The molecule has 1 unspecified atom stereocenters. The smallest absolute Gasteiger partial charge is 0.103 e. The SMILES string of the molecule is CSc1cccc(N(C)C(CN)C2CC2)c1C#N. The first kappa shape index (κ1) is 13.3. The Kier molecular flexibility index (Phi) is 4.15. The van der Waals surface area contributed by atoms with Gasteiger partial charge in [0, 0.05) is 24.5 Å². The van der Waals surface area contributed by atoms with Crippen LogP contribution in [-0.4, -0.2) is 25.9 Å². The number of rotatable bonds is 5. The predicted octanol–water partition coefficient (Wildman–Crippen LogP) is 2.45. The first-order valence-electron chi connectivity index (χ1n) is 6.23. The molecule has 0 saturated heterocycles. The molecule has 1 atom stereocenters. The van der Waals surface area contributed by atoms with Crippen molar-refractivity contribution >= 4 is 17.4 Å². The molecule has 0 bridgehead atoms. The lowest BCUT2D eigenvalue weighted by Gasteiger charge is -2.30. The maximum atomic E-state index is 9.37. The molecule has 0 radical (unpaired) electrons. The fraction of sp³-hybridized carbons (Fsp3) is 0.500. The van der Waals surface area contributed by atoms with E-state index in [-0.39, 0.29) is 0 Å². The molecular formula is C14H19N3S. The minimum Gasteiger partial charge on any atom is -0.369 e. The van der Waals surface area contributed by atoms with E-state index in [2.05, 4.69) is 18.0 Å². The largest absolute Gasteiger partial charge is 0.369 e. The van der Waals surface area contributed by atoms with Gasteiger partial charge in [-0.25, -0.2) is 0 Å². The number of benzene rings is 1. The number of nitriles is 1. The number of anilines is 1. The third kappa shape index (κ3) is 2.47. The highest BCUT2D eigenvalue weighted by molar-refractivity contribution is 7.98. The van der Waals surface area contributed by atoms with E-state index >= 15 is 0 Å². The van der Waals surface area contributed by atoms with Crippen molar-refractivity contribution in [1.29, 1.82) is 5.26 Å². The van der Waals surface area contributed by atoms with Gasteiger partial charge < -0.3 is 10.6 Å². The molecule has 1 aromatic carbocycles. The highest BCUT2D eigenvalue weighted by atomic mass is 32.2.